The van der Waals surface area contributed by atoms with Crippen LogP contribution in [0, 0.1) is 5.41 Å². The molecule has 1 atom stereocenters. The Morgan fingerprint density at radius 3 is 2.89 bits per heavy atom. The van der Waals surface area contributed by atoms with E-state index in [0.29, 0.717) is 5.41 Å². The van der Waals surface area contributed by atoms with Gasteiger partial charge in [-0.3, -0.25) is 0 Å². The number of hydrogen-bond acceptors (Lipinski definition) is 5. The first-order valence-corrected chi connectivity index (χ1v) is 8.33. The van der Waals surface area contributed by atoms with Crippen molar-refractivity contribution in [2.45, 2.75) is 25.8 Å². The third-order valence-electron chi connectivity index (χ3n) is 3.23. The number of nitrogens with zero attached hydrogens (tertiary/aromatic N) is 1. The fourth-order valence-corrected chi connectivity index (χ4v) is 4.95. The largest absolute Gasteiger partial charge is 0.383 e. The number of methoxy groups -OCH3 is 1. The van der Waals surface area contributed by atoms with Crippen molar-refractivity contribution in [1.29, 1.82) is 0 Å². The molecule has 1 saturated heterocycles. The molecule has 1 aromatic heterocycles. The van der Waals surface area contributed by atoms with Gasteiger partial charge in [-0.2, -0.15) is 11.8 Å². The lowest BCUT2D eigenvalue weighted by Gasteiger charge is -2.44. The van der Waals surface area contributed by atoms with Crippen molar-refractivity contribution in [3.05, 3.63) is 16.6 Å². The number of thiazole rings is 1. The zero-order valence-corrected chi connectivity index (χ0v) is 13.0. The summed E-state index contributed by atoms with van der Waals surface area (Å²) in [4.78, 5) is 4.56. The Kier molecular flexibility index (Phi) is 4.69. The van der Waals surface area contributed by atoms with Gasteiger partial charge in [-0.25, -0.2) is 4.98 Å². The molecule has 0 amide bonds. The molecule has 1 aromatic rings. The average molecular weight is 286 g/mol. The van der Waals surface area contributed by atoms with Gasteiger partial charge in [-0.15, -0.1) is 11.3 Å². The van der Waals surface area contributed by atoms with Crippen molar-refractivity contribution >= 4 is 23.1 Å². The molecule has 1 unspecified atom stereocenters. The van der Waals surface area contributed by atoms with E-state index in [1.807, 2.05) is 18.0 Å². The molecule has 0 radical (unpaired) electrons. The summed E-state index contributed by atoms with van der Waals surface area (Å²) in [7, 11) is 1.75. The highest BCUT2D eigenvalue weighted by molar-refractivity contribution is 7.99. The van der Waals surface area contributed by atoms with Gasteiger partial charge in [0, 0.05) is 31.0 Å². The molecule has 0 saturated carbocycles. The molecule has 1 aliphatic rings. The van der Waals surface area contributed by atoms with E-state index in [2.05, 4.69) is 29.5 Å². The van der Waals surface area contributed by atoms with Crippen LogP contribution in [0.15, 0.2) is 11.6 Å². The summed E-state index contributed by atoms with van der Waals surface area (Å²) >= 11 is 3.79. The van der Waals surface area contributed by atoms with Crippen LogP contribution < -0.4 is 5.32 Å². The molecule has 1 fully saturated rings. The van der Waals surface area contributed by atoms with Gasteiger partial charge in [0.05, 0.1) is 12.1 Å². The fraction of sp³-hybridized carbons (Fsp3) is 0.769. The second kappa shape index (κ2) is 5.90. The van der Waals surface area contributed by atoms with Crippen molar-refractivity contribution in [3.8, 4) is 0 Å². The minimum atomic E-state index is 0.0269. The molecule has 1 N–H and O–H groups in total. The van der Waals surface area contributed by atoms with Crippen molar-refractivity contribution < 1.29 is 4.74 Å². The summed E-state index contributed by atoms with van der Waals surface area (Å²) < 4.78 is 5.16. The number of aromatic nitrogens is 1. The first kappa shape index (κ1) is 14.3. The normalized spacial score (nSPS) is 27.3. The van der Waals surface area contributed by atoms with Crippen molar-refractivity contribution in [2.75, 3.05) is 31.8 Å². The van der Waals surface area contributed by atoms with E-state index in [4.69, 9.17) is 4.74 Å². The van der Waals surface area contributed by atoms with E-state index in [9.17, 15) is 0 Å². The van der Waals surface area contributed by atoms with Crippen LogP contribution in [0.3, 0.4) is 0 Å². The third-order valence-corrected chi connectivity index (χ3v) is 5.89. The molecule has 18 heavy (non-hydrogen) atoms. The van der Waals surface area contributed by atoms with Crippen LogP contribution in [0.4, 0.5) is 0 Å². The fourth-order valence-electron chi connectivity index (χ4n) is 2.60. The second-order valence-corrected chi connectivity index (χ2v) is 7.55. The third kappa shape index (κ3) is 3.26. The summed E-state index contributed by atoms with van der Waals surface area (Å²) in [6.07, 6.45) is 3.05. The predicted octanol–water partition coefficient (Wildman–Crippen LogP) is 2.74. The van der Waals surface area contributed by atoms with E-state index in [1.165, 1.54) is 10.8 Å². The highest BCUT2D eigenvalue weighted by Crippen LogP contribution is 2.44. The predicted molar refractivity (Wildman–Crippen MR) is 79.4 cm³/mol. The maximum atomic E-state index is 5.16. The number of thioether (sulfide) groups is 1. The molecule has 0 spiro atoms. The Morgan fingerprint density at radius 1 is 1.44 bits per heavy atom. The van der Waals surface area contributed by atoms with Gasteiger partial charge in [0.1, 0.15) is 5.01 Å². The highest BCUT2D eigenvalue weighted by atomic mass is 32.2. The van der Waals surface area contributed by atoms with Gasteiger partial charge in [0.25, 0.3) is 0 Å². The van der Waals surface area contributed by atoms with Crippen LogP contribution in [0.25, 0.3) is 0 Å². The first-order chi connectivity index (χ1) is 8.58. The second-order valence-electron chi connectivity index (χ2n) is 5.67. The summed E-state index contributed by atoms with van der Waals surface area (Å²) in [6, 6.07) is 0. The summed E-state index contributed by atoms with van der Waals surface area (Å²) in [6.45, 7) is 6.32. The highest BCUT2D eigenvalue weighted by Gasteiger charge is 2.43. The zero-order chi connectivity index (χ0) is 13.1. The number of hydrogen-bond donors (Lipinski definition) is 1. The van der Waals surface area contributed by atoms with Crippen molar-refractivity contribution in [1.82, 2.24) is 10.3 Å². The van der Waals surface area contributed by atoms with Gasteiger partial charge < -0.3 is 10.1 Å². The lowest BCUT2D eigenvalue weighted by Crippen LogP contribution is -2.51. The maximum Gasteiger partial charge on any atom is 0.114 e. The monoisotopic (exact) mass is 286 g/mol. The first-order valence-electron chi connectivity index (χ1n) is 6.30. The van der Waals surface area contributed by atoms with Gasteiger partial charge >= 0.3 is 0 Å². The average Bonchev–Trinajstić information content (AvgIpc) is 2.82. The lowest BCUT2D eigenvalue weighted by molar-refractivity contribution is 0.168. The number of rotatable bonds is 5. The Balaban J connectivity index is 2.17. The topological polar surface area (TPSA) is 34.1 Å². The molecule has 102 valence electrons. The molecule has 0 aliphatic carbocycles. The Morgan fingerprint density at radius 2 is 2.28 bits per heavy atom. The van der Waals surface area contributed by atoms with E-state index >= 15 is 0 Å². The molecule has 2 heterocycles. The molecule has 0 bridgehead atoms. The van der Waals surface area contributed by atoms with Crippen LogP contribution in [0.5, 0.6) is 0 Å². The minimum absolute atomic E-state index is 0.0269. The summed E-state index contributed by atoms with van der Waals surface area (Å²) in [5.74, 6) is 2.33. The Bertz CT molecular complexity index is 367. The van der Waals surface area contributed by atoms with E-state index in [1.54, 1.807) is 18.4 Å². The Labute approximate surface area is 118 Å². The molecule has 0 aromatic carbocycles. The van der Waals surface area contributed by atoms with Crippen LogP contribution in [0.1, 0.15) is 25.3 Å². The number of ether oxygens (including phenoxy) is 1. The number of nitrogens with one attached hydrogen (secondary N) is 1. The van der Waals surface area contributed by atoms with Crippen molar-refractivity contribution in [2.24, 2.45) is 5.41 Å². The van der Waals surface area contributed by atoms with Crippen LogP contribution in [-0.4, -0.2) is 36.8 Å². The summed E-state index contributed by atoms with van der Waals surface area (Å²) in [5, 5.41) is 6.99. The quantitative estimate of drug-likeness (QED) is 0.844. The molecule has 2 rings (SSSR count). The van der Waals surface area contributed by atoms with E-state index in [0.717, 1.165) is 25.3 Å². The van der Waals surface area contributed by atoms with Crippen LogP contribution >= 0.6 is 23.1 Å². The lowest BCUT2D eigenvalue weighted by atomic mass is 9.80. The van der Waals surface area contributed by atoms with Gasteiger partial charge in [0.15, 0.2) is 0 Å². The molecular weight excluding hydrogens is 264 g/mol. The van der Waals surface area contributed by atoms with E-state index in [-0.39, 0.29) is 5.54 Å². The standard InChI is InChI=1S/C13H22N2OS2/c1-12(2)8-13(10-17-9-12,15-4-6-16-3)11-14-5-7-18-11/h5,7,15H,4,6,8-10H2,1-3H3. The SMILES string of the molecule is COCCNC1(c2nccs2)CSCC(C)(C)C1. The van der Waals surface area contributed by atoms with E-state index < -0.39 is 0 Å². The molecule has 1 aliphatic heterocycles. The van der Waals surface area contributed by atoms with Gasteiger partial charge in [-0.05, 0) is 17.6 Å². The van der Waals surface area contributed by atoms with Crippen LogP contribution in [-0.2, 0) is 10.3 Å². The Hall–Kier alpha value is -0.100. The van der Waals surface area contributed by atoms with Crippen LogP contribution in [0.2, 0.25) is 0 Å². The molecule has 5 heteroatoms. The molecule has 3 nitrogen and oxygen atoms in total. The molecular formula is C13H22N2OS2. The van der Waals surface area contributed by atoms with Crippen molar-refractivity contribution in [3.63, 3.8) is 0 Å². The van der Waals surface area contributed by atoms with Gasteiger partial charge in [-0.1, -0.05) is 13.8 Å². The smallest absolute Gasteiger partial charge is 0.114 e. The summed E-state index contributed by atoms with van der Waals surface area (Å²) in [5.41, 5.74) is 0.383. The zero-order valence-electron chi connectivity index (χ0n) is 11.4. The van der Waals surface area contributed by atoms with Gasteiger partial charge in [0.2, 0.25) is 0 Å². The maximum absolute atomic E-state index is 5.16. The minimum Gasteiger partial charge on any atom is -0.383 e.